The molecule has 1 fully saturated rings. The van der Waals surface area contributed by atoms with Crippen LogP contribution in [0.3, 0.4) is 0 Å². The first-order chi connectivity index (χ1) is 15.7. The van der Waals surface area contributed by atoms with Gasteiger partial charge in [0.25, 0.3) is 11.8 Å². The molecule has 7 nitrogen and oxygen atoms in total. The number of aromatic nitrogens is 2. The smallest absolute Gasteiger partial charge is 0.265 e. The molecular weight excluding hydrogens is 422 g/mol. The second-order valence-corrected chi connectivity index (χ2v) is 8.49. The zero-order chi connectivity index (χ0) is 21.9. The van der Waals surface area contributed by atoms with E-state index in [2.05, 4.69) is 20.5 Å². The van der Waals surface area contributed by atoms with Gasteiger partial charge in [-0.1, -0.05) is 18.2 Å². The lowest BCUT2D eigenvalue weighted by molar-refractivity contribution is 0.102. The number of carbonyl (C=O) groups excluding carboxylic acids is 2. The molecule has 2 aromatic carbocycles. The van der Waals surface area contributed by atoms with Crippen molar-refractivity contribution in [2.45, 2.75) is 12.8 Å². The van der Waals surface area contributed by atoms with Crippen molar-refractivity contribution in [2.24, 2.45) is 0 Å². The van der Waals surface area contributed by atoms with Crippen LogP contribution in [0, 0.1) is 0 Å². The van der Waals surface area contributed by atoms with E-state index in [4.69, 9.17) is 4.98 Å². The second-order valence-electron chi connectivity index (χ2n) is 7.54. The third-order valence-electron chi connectivity index (χ3n) is 5.34. The predicted octanol–water partition coefficient (Wildman–Crippen LogP) is 4.80. The van der Waals surface area contributed by atoms with Gasteiger partial charge in [-0.25, -0.2) is 9.97 Å². The monoisotopic (exact) mass is 443 g/mol. The Morgan fingerprint density at radius 1 is 0.812 bits per heavy atom. The standard InChI is InChI=1S/C24H21N5O2S/c30-23(16-9-11-17(12-10-16)25-24(31)20-8-5-15-32-20)28-21-22(29-13-3-4-14-29)27-19-7-2-1-6-18(19)26-21/h1-2,5-12,15H,3-4,13-14H2,(H,25,31)(H,26,28,30). The quantitative estimate of drug-likeness (QED) is 0.463. The molecule has 3 heterocycles. The first-order valence-electron chi connectivity index (χ1n) is 10.5. The van der Waals surface area contributed by atoms with Gasteiger partial charge in [0.2, 0.25) is 0 Å². The summed E-state index contributed by atoms with van der Waals surface area (Å²) in [5.41, 5.74) is 2.64. The average Bonchev–Trinajstić information content (AvgIpc) is 3.54. The molecule has 1 saturated heterocycles. The van der Waals surface area contributed by atoms with Crippen LogP contribution >= 0.6 is 11.3 Å². The molecule has 0 atom stereocenters. The second kappa shape index (κ2) is 8.76. The van der Waals surface area contributed by atoms with Gasteiger partial charge >= 0.3 is 0 Å². The van der Waals surface area contributed by atoms with Crippen molar-refractivity contribution in [3.63, 3.8) is 0 Å². The van der Waals surface area contributed by atoms with Crippen LogP contribution in [0.2, 0.25) is 0 Å². The third-order valence-corrected chi connectivity index (χ3v) is 6.21. The average molecular weight is 444 g/mol. The van der Waals surface area contributed by atoms with Gasteiger partial charge in [-0.3, -0.25) is 9.59 Å². The van der Waals surface area contributed by atoms with Gasteiger partial charge in [-0.05, 0) is 60.7 Å². The van der Waals surface area contributed by atoms with Crippen molar-refractivity contribution >= 4 is 51.5 Å². The topological polar surface area (TPSA) is 87.2 Å². The van der Waals surface area contributed by atoms with E-state index in [1.807, 2.05) is 35.7 Å². The molecule has 160 valence electrons. The molecule has 0 radical (unpaired) electrons. The maximum absolute atomic E-state index is 13.0. The Labute approximate surface area is 189 Å². The fourth-order valence-corrected chi connectivity index (χ4v) is 4.33. The third kappa shape index (κ3) is 4.17. The number of thiophene rings is 1. The number of hydrogen-bond acceptors (Lipinski definition) is 6. The van der Waals surface area contributed by atoms with Crippen LogP contribution in [-0.4, -0.2) is 34.9 Å². The van der Waals surface area contributed by atoms with Crippen molar-refractivity contribution in [2.75, 3.05) is 28.6 Å². The molecule has 4 aromatic rings. The Hall–Kier alpha value is -3.78. The van der Waals surface area contributed by atoms with Crippen LogP contribution in [0.4, 0.5) is 17.3 Å². The van der Waals surface area contributed by atoms with Gasteiger partial charge in [-0.15, -0.1) is 11.3 Å². The maximum Gasteiger partial charge on any atom is 0.265 e. The van der Waals surface area contributed by atoms with Gasteiger partial charge in [0, 0.05) is 24.3 Å². The highest BCUT2D eigenvalue weighted by molar-refractivity contribution is 7.12. The molecule has 0 bridgehead atoms. The minimum atomic E-state index is -0.272. The molecule has 1 aliphatic rings. The van der Waals surface area contributed by atoms with E-state index in [1.54, 1.807) is 30.3 Å². The minimum absolute atomic E-state index is 0.168. The number of benzene rings is 2. The fraction of sp³-hybridized carbons (Fsp3) is 0.167. The predicted molar refractivity (Wildman–Crippen MR) is 128 cm³/mol. The van der Waals surface area contributed by atoms with E-state index in [-0.39, 0.29) is 11.8 Å². The van der Waals surface area contributed by atoms with Crippen LogP contribution in [0.5, 0.6) is 0 Å². The SMILES string of the molecule is O=C(Nc1nc2ccccc2nc1N1CCCC1)c1ccc(NC(=O)c2cccs2)cc1. The number of nitrogens with one attached hydrogen (secondary N) is 2. The number of amides is 2. The fourth-order valence-electron chi connectivity index (χ4n) is 3.71. The number of carbonyl (C=O) groups is 2. The van der Waals surface area contributed by atoms with Gasteiger partial charge < -0.3 is 15.5 Å². The lowest BCUT2D eigenvalue weighted by Gasteiger charge is -2.20. The number of nitrogens with zero attached hydrogens (tertiary/aromatic N) is 3. The number of hydrogen-bond donors (Lipinski definition) is 2. The summed E-state index contributed by atoms with van der Waals surface area (Å²) in [6, 6.07) is 18.1. The molecule has 0 unspecified atom stereocenters. The number of rotatable bonds is 5. The minimum Gasteiger partial charge on any atom is -0.354 e. The Morgan fingerprint density at radius 2 is 1.53 bits per heavy atom. The zero-order valence-electron chi connectivity index (χ0n) is 17.2. The normalized spacial score (nSPS) is 13.3. The van der Waals surface area contributed by atoms with E-state index in [0.717, 1.165) is 37.0 Å². The Bertz CT molecular complexity index is 1270. The Kier molecular flexibility index (Phi) is 5.51. The largest absolute Gasteiger partial charge is 0.354 e. The van der Waals surface area contributed by atoms with Crippen molar-refractivity contribution in [1.29, 1.82) is 0 Å². The van der Waals surface area contributed by atoms with Gasteiger partial charge in [0.05, 0.1) is 15.9 Å². The van der Waals surface area contributed by atoms with E-state index < -0.39 is 0 Å². The van der Waals surface area contributed by atoms with Crippen LogP contribution in [-0.2, 0) is 0 Å². The van der Waals surface area contributed by atoms with E-state index in [1.165, 1.54) is 11.3 Å². The van der Waals surface area contributed by atoms with Crippen molar-refractivity contribution in [1.82, 2.24) is 9.97 Å². The number of fused-ring (bicyclic) bond motifs is 1. The molecule has 2 amide bonds. The van der Waals surface area contributed by atoms with Crippen molar-refractivity contribution in [3.05, 3.63) is 76.5 Å². The summed E-state index contributed by atoms with van der Waals surface area (Å²) < 4.78 is 0. The first kappa shape index (κ1) is 20.1. The summed E-state index contributed by atoms with van der Waals surface area (Å²) in [7, 11) is 0. The van der Waals surface area contributed by atoms with Crippen LogP contribution in [0.1, 0.15) is 32.9 Å². The first-order valence-corrected chi connectivity index (χ1v) is 11.3. The molecule has 2 N–H and O–H groups in total. The summed E-state index contributed by atoms with van der Waals surface area (Å²) >= 11 is 1.38. The van der Waals surface area contributed by atoms with Crippen molar-refractivity contribution < 1.29 is 9.59 Å². The van der Waals surface area contributed by atoms with Gasteiger partial charge in [-0.2, -0.15) is 0 Å². The highest BCUT2D eigenvalue weighted by Crippen LogP contribution is 2.28. The molecule has 0 saturated carbocycles. The summed E-state index contributed by atoms with van der Waals surface area (Å²) in [5.74, 6) is 0.727. The van der Waals surface area contributed by atoms with Crippen molar-refractivity contribution in [3.8, 4) is 0 Å². The summed E-state index contributed by atoms with van der Waals surface area (Å²) in [4.78, 5) is 37.4. The number of para-hydroxylation sites is 2. The molecule has 1 aliphatic heterocycles. The van der Waals surface area contributed by atoms with Crippen LogP contribution in [0.15, 0.2) is 66.0 Å². The molecule has 5 rings (SSSR count). The molecule has 8 heteroatoms. The van der Waals surface area contributed by atoms with Gasteiger partial charge in [0.15, 0.2) is 11.6 Å². The zero-order valence-corrected chi connectivity index (χ0v) is 18.1. The van der Waals surface area contributed by atoms with Crippen LogP contribution in [0.25, 0.3) is 11.0 Å². The Balaban J connectivity index is 1.36. The molecule has 2 aromatic heterocycles. The highest BCUT2D eigenvalue weighted by atomic mass is 32.1. The molecule has 32 heavy (non-hydrogen) atoms. The van der Waals surface area contributed by atoms with Gasteiger partial charge in [0.1, 0.15) is 0 Å². The molecule has 0 spiro atoms. The maximum atomic E-state index is 13.0. The lowest BCUT2D eigenvalue weighted by atomic mass is 10.2. The molecule has 0 aliphatic carbocycles. The van der Waals surface area contributed by atoms with Crippen LogP contribution < -0.4 is 15.5 Å². The van der Waals surface area contributed by atoms with E-state index >= 15 is 0 Å². The number of anilines is 3. The summed E-state index contributed by atoms with van der Waals surface area (Å²) in [6.45, 7) is 1.79. The lowest BCUT2D eigenvalue weighted by Crippen LogP contribution is -2.23. The van der Waals surface area contributed by atoms with E-state index in [0.29, 0.717) is 27.8 Å². The Morgan fingerprint density at radius 3 is 2.22 bits per heavy atom. The highest BCUT2D eigenvalue weighted by Gasteiger charge is 2.21. The summed E-state index contributed by atoms with van der Waals surface area (Å²) in [5, 5.41) is 7.63. The molecular formula is C24H21N5O2S. The summed E-state index contributed by atoms with van der Waals surface area (Å²) in [6.07, 6.45) is 2.20. The van der Waals surface area contributed by atoms with E-state index in [9.17, 15) is 9.59 Å².